The van der Waals surface area contributed by atoms with Gasteiger partial charge in [0.05, 0.1) is 0 Å². The second kappa shape index (κ2) is 8.35. The zero-order valence-electron chi connectivity index (χ0n) is 12.3. The first kappa shape index (κ1) is 20.3. The molecule has 8 heteroatoms. The van der Waals surface area contributed by atoms with Gasteiger partial charge in [0.1, 0.15) is 0 Å². The predicted molar refractivity (Wildman–Crippen MR) is 88.3 cm³/mol. The number of carbonyl (C=O) groups excluding carboxylic acids is 1. The van der Waals surface area contributed by atoms with E-state index in [1.807, 2.05) is 5.32 Å². The Morgan fingerprint density at radius 1 is 1.22 bits per heavy atom. The first-order chi connectivity index (χ1) is 10.3. The number of hydrogen-bond acceptors (Lipinski definition) is 2. The van der Waals surface area contributed by atoms with Gasteiger partial charge in [0.25, 0.3) is 12.2 Å². The molecule has 0 spiro atoms. The van der Waals surface area contributed by atoms with Gasteiger partial charge in [-0.3, -0.25) is 4.79 Å². The number of benzene rings is 1. The first-order valence-electron chi connectivity index (χ1n) is 7.13. The van der Waals surface area contributed by atoms with Crippen LogP contribution in [-0.2, 0) is 10.6 Å². The molecule has 2 rings (SSSR count). The van der Waals surface area contributed by atoms with Gasteiger partial charge in [-0.25, -0.2) is 13.2 Å². The van der Waals surface area contributed by atoms with Crippen molar-refractivity contribution in [1.29, 1.82) is 0 Å². The van der Waals surface area contributed by atoms with E-state index < -0.39 is 24.0 Å². The molecule has 1 atom stereocenters. The molecule has 1 aromatic rings. The monoisotopic (exact) mass is 414 g/mol. The lowest BCUT2D eigenvalue weighted by Gasteiger charge is -2.30. The summed E-state index contributed by atoms with van der Waals surface area (Å²) in [5.41, 5.74) is 5.48. The van der Waals surface area contributed by atoms with E-state index in [0.29, 0.717) is 30.2 Å². The van der Waals surface area contributed by atoms with Crippen molar-refractivity contribution >= 4 is 34.2 Å². The Labute approximate surface area is 147 Å². The number of alkyl halides is 3. The first-order valence-corrected chi connectivity index (χ1v) is 7.93. The Morgan fingerprint density at radius 3 is 2.22 bits per heavy atom. The predicted octanol–water partition coefficient (Wildman–Crippen LogP) is 3.89. The van der Waals surface area contributed by atoms with Crippen LogP contribution in [0.5, 0.6) is 0 Å². The fraction of sp³-hybridized carbons (Fsp3) is 0.533. The number of nitrogens with one attached hydrogen (secondary N) is 1. The minimum Gasteiger partial charge on any atom is -0.328 e. The third-order valence-electron chi connectivity index (χ3n) is 4.01. The Morgan fingerprint density at radius 2 is 1.74 bits per heavy atom. The van der Waals surface area contributed by atoms with Gasteiger partial charge < -0.3 is 11.1 Å². The van der Waals surface area contributed by atoms with Crippen LogP contribution in [0.25, 0.3) is 0 Å². The van der Waals surface area contributed by atoms with Crippen LogP contribution in [0.1, 0.15) is 31.2 Å². The highest BCUT2D eigenvalue weighted by molar-refractivity contribution is 9.10. The molecule has 1 fully saturated rings. The molecule has 0 saturated heterocycles. The highest BCUT2D eigenvalue weighted by Crippen LogP contribution is 2.33. The van der Waals surface area contributed by atoms with Crippen LogP contribution >= 0.6 is 28.3 Å². The molecule has 3 N–H and O–H groups in total. The molecule has 130 valence electrons. The van der Waals surface area contributed by atoms with E-state index in [-0.39, 0.29) is 24.0 Å². The van der Waals surface area contributed by atoms with Crippen molar-refractivity contribution < 1.29 is 18.0 Å². The summed E-state index contributed by atoms with van der Waals surface area (Å²) in [4.78, 5) is 12.1. The number of hydrogen-bond donors (Lipinski definition) is 2. The second-order valence-electron chi connectivity index (χ2n) is 5.62. The van der Waals surface area contributed by atoms with E-state index in [9.17, 15) is 18.0 Å². The lowest BCUT2D eigenvalue weighted by molar-refractivity contribution is -0.138. The Balaban J connectivity index is 0.00000264. The van der Waals surface area contributed by atoms with Crippen molar-refractivity contribution in [3.8, 4) is 0 Å². The Hall–Kier alpha value is -0.790. The van der Waals surface area contributed by atoms with E-state index in [1.54, 1.807) is 0 Å². The SMILES string of the molecule is Cl.NC1CCC(C(=O)NC(F)(c2ccc(Br)cc2)C(F)F)CC1. The minimum absolute atomic E-state index is 0. The summed E-state index contributed by atoms with van der Waals surface area (Å²) in [6.45, 7) is 0. The highest BCUT2D eigenvalue weighted by Gasteiger charge is 2.45. The number of nitrogens with two attached hydrogens (primary N) is 1. The summed E-state index contributed by atoms with van der Waals surface area (Å²) >= 11 is 3.16. The van der Waals surface area contributed by atoms with Crippen molar-refractivity contribution in [1.82, 2.24) is 5.32 Å². The highest BCUT2D eigenvalue weighted by atomic mass is 79.9. The van der Waals surface area contributed by atoms with Crippen molar-refractivity contribution in [2.24, 2.45) is 11.7 Å². The number of halogens is 5. The molecule has 1 amide bonds. The Kier molecular flexibility index (Phi) is 7.35. The van der Waals surface area contributed by atoms with E-state index in [1.165, 1.54) is 24.3 Å². The molecular formula is C15H19BrClF3N2O. The maximum absolute atomic E-state index is 14.7. The van der Waals surface area contributed by atoms with Crippen LogP contribution in [0.3, 0.4) is 0 Å². The molecule has 1 unspecified atom stereocenters. The topological polar surface area (TPSA) is 55.1 Å². The summed E-state index contributed by atoms with van der Waals surface area (Å²) < 4.78 is 41.9. The average molecular weight is 416 g/mol. The molecule has 3 nitrogen and oxygen atoms in total. The molecule has 0 aromatic heterocycles. The molecule has 1 aliphatic carbocycles. The van der Waals surface area contributed by atoms with Gasteiger partial charge in [-0.15, -0.1) is 12.4 Å². The molecule has 0 aliphatic heterocycles. The van der Waals surface area contributed by atoms with Gasteiger partial charge in [-0.05, 0) is 37.8 Å². The van der Waals surface area contributed by atoms with Gasteiger partial charge in [-0.2, -0.15) is 0 Å². The van der Waals surface area contributed by atoms with Gasteiger partial charge in [0.15, 0.2) is 0 Å². The van der Waals surface area contributed by atoms with Gasteiger partial charge in [0.2, 0.25) is 5.91 Å². The summed E-state index contributed by atoms with van der Waals surface area (Å²) in [7, 11) is 0. The van der Waals surface area contributed by atoms with Gasteiger partial charge in [-0.1, -0.05) is 28.1 Å². The maximum atomic E-state index is 14.7. The molecule has 0 bridgehead atoms. The fourth-order valence-corrected chi connectivity index (χ4v) is 2.87. The number of carbonyl (C=O) groups is 1. The fourth-order valence-electron chi connectivity index (χ4n) is 2.61. The molecular weight excluding hydrogens is 397 g/mol. The average Bonchev–Trinajstić information content (AvgIpc) is 2.48. The van der Waals surface area contributed by atoms with E-state index in [4.69, 9.17) is 5.73 Å². The quantitative estimate of drug-likeness (QED) is 0.733. The van der Waals surface area contributed by atoms with E-state index in [2.05, 4.69) is 15.9 Å². The maximum Gasteiger partial charge on any atom is 0.294 e. The van der Waals surface area contributed by atoms with Crippen LogP contribution < -0.4 is 11.1 Å². The molecule has 1 aromatic carbocycles. The largest absolute Gasteiger partial charge is 0.328 e. The van der Waals surface area contributed by atoms with Gasteiger partial charge >= 0.3 is 0 Å². The van der Waals surface area contributed by atoms with E-state index in [0.717, 1.165) is 0 Å². The third-order valence-corrected chi connectivity index (χ3v) is 4.54. The Bertz CT molecular complexity index is 524. The standard InChI is InChI=1S/C15H18BrF3N2O.ClH/c16-11-5-3-10(4-6-11)15(19,14(17)18)21-13(22)9-1-7-12(20)8-2-9;/h3-6,9,12,14H,1-2,7-8,20H2,(H,21,22);1H. The smallest absolute Gasteiger partial charge is 0.294 e. The summed E-state index contributed by atoms with van der Waals surface area (Å²) in [6.07, 6.45) is -1.09. The van der Waals surface area contributed by atoms with Crippen molar-refractivity contribution in [2.75, 3.05) is 0 Å². The minimum atomic E-state index is -3.36. The van der Waals surface area contributed by atoms with Crippen molar-refractivity contribution in [3.63, 3.8) is 0 Å². The second-order valence-corrected chi connectivity index (χ2v) is 6.54. The molecule has 1 aliphatic rings. The van der Waals surface area contributed by atoms with Crippen LogP contribution in [0.15, 0.2) is 28.7 Å². The normalized spacial score (nSPS) is 23.7. The lowest BCUT2D eigenvalue weighted by atomic mass is 9.85. The molecule has 0 radical (unpaired) electrons. The zero-order chi connectivity index (χ0) is 16.3. The van der Waals surface area contributed by atoms with Crippen LogP contribution in [0.4, 0.5) is 13.2 Å². The van der Waals surface area contributed by atoms with Crippen LogP contribution in [-0.4, -0.2) is 18.4 Å². The van der Waals surface area contributed by atoms with E-state index >= 15 is 0 Å². The van der Waals surface area contributed by atoms with Crippen molar-refractivity contribution in [2.45, 2.75) is 43.9 Å². The van der Waals surface area contributed by atoms with Gasteiger partial charge in [0, 0.05) is 22.0 Å². The molecule has 1 saturated carbocycles. The lowest BCUT2D eigenvalue weighted by Crippen LogP contribution is -2.50. The number of rotatable bonds is 4. The van der Waals surface area contributed by atoms with Crippen molar-refractivity contribution in [3.05, 3.63) is 34.3 Å². The zero-order valence-corrected chi connectivity index (χ0v) is 14.7. The van der Waals surface area contributed by atoms with Crippen LogP contribution in [0.2, 0.25) is 0 Å². The third kappa shape index (κ3) is 4.84. The molecule has 23 heavy (non-hydrogen) atoms. The summed E-state index contributed by atoms with van der Waals surface area (Å²) in [5.74, 6) is -4.33. The summed E-state index contributed by atoms with van der Waals surface area (Å²) in [5, 5.41) is 1.90. The van der Waals surface area contributed by atoms with Crippen LogP contribution in [0, 0.1) is 5.92 Å². The molecule has 0 heterocycles. The number of amides is 1. The summed E-state index contributed by atoms with van der Waals surface area (Å²) in [6, 6.07) is 5.40.